The summed E-state index contributed by atoms with van der Waals surface area (Å²) in [6, 6.07) is 15.2. The van der Waals surface area contributed by atoms with Crippen LogP contribution in [0.3, 0.4) is 0 Å². The van der Waals surface area contributed by atoms with Gasteiger partial charge in [-0.3, -0.25) is 0 Å². The van der Waals surface area contributed by atoms with Gasteiger partial charge in [0.25, 0.3) is 0 Å². The molecule has 0 spiro atoms. The van der Waals surface area contributed by atoms with Crippen molar-refractivity contribution < 1.29 is 24.2 Å². The molecule has 0 heterocycles. The summed E-state index contributed by atoms with van der Waals surface area (Å²) in [5.41, 5.74) is 4.53. The summed E-state index contributed by atoms with van der Waals surface area (Å²) in [4.78, 5) is 23.8. The standard InChI is InChI=1S/C24H29NO5S/c1-2-12-29-13-15-31-14-11-22(23(26)27)25-24(28)30-16-21-19-9-5-3-7-17(19)18-8-4-6-10-20(18)21/h3-10,21-22H,2,11-16H2,1H3,(H,25,28)(H,26,27). The Bertz CT molecular complexity index is 842. The quantitative estimate of drug-likeness (QED) is 0.469. The van der Waals surface area contributed by atoms with Gasteiger partial charge in [-0.15, -0.1) is 0 Å². The van der Waals surface area contributed by atoms with E-state index in [0.717, 1.165) is 41.0 Å². The molecule has 2 aromatic carbocycles. The van der Waals surface area contributed by atoms with Gasteiger partial charge in [-0.25, -0.2) is 9.59 Å². The van der Waals surface area contributed by atoms with Crippen LogP contribution in [0.25, 0.3) is 11.1 Å². The summed E-state index contributed by atoms with van der Waals surface area (Å²) < 4.78 is 10.9. The van der Waals surface area contributed by atoms with E-state index >= 15 is 0 Å². The van der Waals surface area contributed by atoms with Crippen molar-refractivity contribution in [3.63, 3.8) is 0 Å². The first-order valence-corrected chi connectivity index (χ1v) is 11.8. The van der Waals surface area contributed by atoms with Crippen molar-refractivity contribution in [1.82, 2.24) is 5.32 Å². The number of carboxylic acid groups (broad SMARTS) is 1. The zero-order chi connectivity index (χ0) is 22.1. The zero-order valence-electron chi connectivity index (χ0n) is 17.7. The third-order valence-electron chi connectivity index (χ3n) is 5.21. The molecule has 7 heteroatoms. The van der Waals surface area contributed by atoms with Gasteiger partial charge < -0.3 is 19.9 Å². The predicted octanol–water partition coefficient (Wildman–Crippen LogP) is 4.53. The van der Waals surface area contributed by atoms with Gasteiger partial charge in [-0.1, -0.05) is 55.5 Å². The molecular formula is C24H29NO5S. The molecule has 1 aliphatic rings. The van der Waals surface area contributed by atoms with Crippen LogP contribution in [0.5, 0.6) is 0 Å². The van der Waals surface area contributed by atoms with Crippen LogP contribution in [0.4, 0.5) is 4.79 Å². The van der Waals surface area contributed by atoms with Gasteiger partial charge in [0.1, 0.15) is 12.6 Å². The Morgan fingerprint density at radius 1 is 1.03 bits per heavy atom. The smallest absolute Gasteiger partial charge is 0.407 e. The fourth-order valence-corrected chi connectivity index (χ4v) is 4.55. The second-order valence-electron chi connectivity index (χ2n) is 7.37. The lowest BCUT2D eigenvalue weighted by Gasteiger charge is -2.17. The number of carbonyl (C=O) groups excluding carboxylic acids is 1. The molecule has 0 aliphatic heterocycles. The molecule has 1 aliphatic carbocycles. The van der Waals surface area contributed by atoms with Gasteiger partial charge >= 0.3 is 12.1 Å². The summed E-state index contributed by atoms with van der Waals surface area (Å²) >= 11 is 1.61. The van der Waals surface area contributed by atoms with Crippen molar-refractivity contribution in [2.75, 3.05) is 31.3 Å². The number of hydrogen-bond donors (Lipinski definition) is 2. The molecule has 0 bridgehead atoms. The molecule has 0 saturated carbocycles. The molecule has 166 valence electrons. The highest BCUT2D eigenvalue weighted by Gasteiger charge is 2.29. The van der Waals surface area contributed by atoms with Crippen LogP contribution in [0.15, 0.2) is 48.5 Å². The molecule has 0 saturated heterocycles. The van der Waals surface area contributed by atoms with E-state index < -0.39 is 18.1 Å². The highest BCUT2D eigenvalue weighted by atomic mass is 32.2. The van der Waals surface area contributed by atoms with Crippen molar-refractivity contribution >= 4 is 23.8 Å². The summed E-state index contributed by atoms with van der Waals surface area (Å²) in [5.74, 6) is 0.310. The summed E-state index contributed by atoms with van der Waals surface area (Å²) in [7, 11) is 0. The Morgan fingerprint density at radius 2 is 1.68 bits per heavy atom. The fraction of sp³-hybridized carbons (Fsp3) is 0.417. The van der Waals surface area contributed by atoms with Crippen LogP contribution < -0.4 is 5.32 Å². The Balaban J connectivity index is 1.49. The minimum absolute atomic E-state index is 0.0555. The number of fused-ring (bicyclic) bond motifs is 3. The first-order chi connectivity index (χ1) is 15.1. The lowest BCUT2D eigenvalue weighted by Crippen LogP contribution is -2.41. The van der Waals surface area contributed by atoms with Gasteiger partial charge in [-0.2, -0.15) is 11.8 Å². The number of carboxylic acids is 1. The first kappa shape index (κ1) is 23.2. The number of nitrogens with one attached hydrogen (secondary N) is 1. The van der Waals surface area contributed by atoms with E-state index in [9.17, 15) is 14.7 Å². The number of hydrogen-bond acceptors (Lipinski definition) is 5. The van der Waals surface area contributed by atoms with E-state index in [1.165, 1.54) is 0 Å². The monoisotopic (exact) mass is 443 g/mol. The maximum atomic E-state index is 12.3. The summed E-state index contributed by atoms with van der Waals surface area (Å²) in [6.07, 6.45) is 0.610. The van der Waals surface area contributed by atoms with Crippen LogP contribution in [-0.2, 0) is 14.3 Å². The molecule has 0 fully saturated rings. The normalized spacial score (nSPS) is 13.3. The van der Waals surface area contributed by atoms with Gasteiger partial charge in [0, 0.05) is 18.3 Å². The van der Waals surface area contributed by atoms with E-state index in [4.69, 9.17) is 9.47 Å². The largest absolute Gasteiger partial charge is 0.480 e. The fourth-order valence-electron chi connectivity index (χ4n) is 3.71. The van der Waals surface area contributed by atoms with Crippen molar-refractivity contribution in [2.45, 2.75) is 31.7 Å². The maximum Gasteiger partial charge on any atom is 0.407 e. The molecule has 1 atom stereocenters. The van der Waals surface area contributed by atoms with Crippen LogP contribution in [0.1, 0.15) is 36.8 Å². The third kappa shape index (κ3) is 6.24. The number of aliphatic carboxylic acids is 1. The van der Waals surface area contributed by atoms with Gasteiger partial charge in [0.15, 0.2) is 0 Å². The van der Waals surface area contributed by atoms with Crippen LogP contribution >= 0.6 is 11.8 Å². The molecule has 0 radical (unpaired) electrons. The maximum absolute atomic E-state index is 12.3. The highest BCUT2D eigenvalue weighted by molar-refractivity contribution is 7.99. The molecule has 6 nitrogen and oxygen atoms in total. The minimum Gasteiger partial charge on any atom is -0.480 e. The van der Waals surface area contributed by atoms with Gasteiger partial charge in [0.05, 0.1) is 6.61 Å². The first-order valence-electron chi connectivity index (χ1n) is 10.6. The van der Waals surface area contributed by atoms with Crippen LogP contribution in [0.2, 0.25) is 0 Å². The lowest BCUT2D eigenvalue weighted by molar-refractivity contribution is -0.139. The number of benzene rings is 2. The summed E-state index contributed by atoms with van der Waals surface area (Å²) in [6.45, 7) is 3.60. The molecule has 2 N–H and O–H groups in total. The molecule has 2 aromatic rings. The molecular weight excluding hydrogens is 414 g/mol. The molecule has 1 amide bonds. The van der Waals surface area contributed by atoms with Crippen molar-refractivity contribution in [3.8, 4) is 11.1 Å². The Kier molecular flexibility index (Phi) is 8.79. The second-order valence-corrected chi connectivity index (χ2v) is 8.60. The number of carbonyl (C=O) groups is 2. The number of rotatable bonds is 12. The molecule has 1 unspecified atom stereocenters. The van der Waals surface area contributed by atoms with E-state index in [1.54, 1.807) is 11.8 Å². The molecule has 3 rings (SSSR count). The minimum atomic E-state index is -1.06. The van der Waals surface area contributed by atoms with E-state index in [0.29, 0.717) is 18.8 Å². The van der Waals surface area contributed by atoms with Crippen LogP contribution in [0, 0.1) is 0 Å². The number of thioether (sulfide) groups is 1. The Labute approximate surface area is 187 Å². The SMILES string of the molecule is CCCOCCSCCC(NC(=O)OCC1c2ccccc2-c2ccccc21)C(=O)O. The van der Waals surface area contributed by atoms with Crippen molar-refractivity contribution in [3.05, 3.63) is 59.7 Å². The Hall–Kier alpha value is -2.51. The van der Waals surface area contributed by atoms with E-state index in [-0.39, 0.29) is 12.5 Å². The average molecular weight is 444 g/mol. The number of ether oxygens (including phenoxy) is 2. The lowest BCUT2D eigenvalue weighted by atomic mass is 9.98. The topological polar surface area (TPSA) is 84.9 Å². The van der Waals surface area contributed by atoms with Crippen molar-refractivity contribution in [2.24, 2.45) is 0 Å². The summed E-state index contributed by atoms with van der Waals surface area (Å²) in [5, 5.41) is 11.9. The highest BCUT2D eigenvalue weighted by Crippen LogP contribution is 2.44. The van der Waals surface area contributed by atoms with E-state index in [1.807, 2.05) is 36.4 Å². The Morgan fingerprint density at radius 3 is 2.29 bits per heavy atom. The second kappa shape index (κ2) is 11.8. The average Bonchev–Trinajstić information content (AvgIpc) is 3.10. The molecule has 0 aromatic heterocycles. The molecule has 31 heavy (non-hydrogen) atoms. The van der Waals surface area contributed by atoms with Crippen LogP contribution in [-0.4, -0.2) is 54.5 Å². The number of alkyl carbamates (subject to hydrolysis) is 1. The van der Waals surface area contributed by atoms with Gasteiger partial charge in [0.2, 0.25) is 0 Å². The third-order valence-corrected chi connectivity index (χ3v) is 6.18. The van der Waals surface area contributed by atoms with E-state index in [2.05, 4.69) is 24.4 Å². The zero-order valence-corrected chi connectivity index (χ0v) is 18.5. The van der Waals surface area contributed by atoms with Gasteiger partial charge in [-0.05, 0) is 40.8 Å². The predicted molar refractivity (Wildman–Crippen MR) is 123 cm³/mol. The number of amides is 1. The van der Waals surface area contributed by atoms with Crippen molar-refractivity contribution in [1.29, 1.82) is 0 Å².